The number of ether oxygens (including phenoxy) is 1. The standard InChI is InChI=1S/C12H24N2O3S/c1-10(8-13-11-4-5-11)18(15,16)14-6-7-17-9-12(14,2)3/h10-11,13H,4-9H2,1-3H3. The molecule has 1 heterocycles. The van der Waals surface area contributed by atoms with Crippen LogP contribution >= 0.6 is 0 Å². The number of rotatable bonds is 5. The van der Waals surface area contributed by atoms with E-state index < -0.39 is 15.6 Å². The molecule has 6 heteroatoms. The first-order valence-electron chi connectivity index (χ1n) is 6.67. The van der Waals surface area contributed by atoms with Crippen LogP contribution in [0.25, 0.3) is 0 Å². The first-order valence-corrected chi connectivity index (χ1v) is 8.17. The summed E-state index contributed by atoms with van der Waals surface area (Å²) in [5.41, 5.74) is -0.440. The Labute approximate surface area is 110 Å². The molecule has 2 aliphatic rings. The van der Waals surface area contributed by atoms with Crippen molar-refractivity contribution in [2.45, 2.75) is 50.4 Å². The monoisotopic (exact) mass is 276 g/mol. The zero-order valence-corrected chi connectivity index (χ0v) is 12.3. The molecule has 0 radical (unpaired) electrons. The lowest BCUT2D eigenvalue weighted by Gasteiger charge is -2.42. The molecule has 2 rings (SSSR count). The fourth-order valence-electron chi connectivity index (χ4n) is 2.26. The van der Waals surface area contributed by atoms with Gasteiger partial charge in [0.25, 0.3) is 0 Å². The van der Waals surface area contributed by atoms with Gasteiger partial charge in [0.05, 0.1) is 24.0 Å². The minimum absolute atomic E-state index is 0.379. The molecule has 1 saturated heterocycles. The summed E-state index contributed by atoms with van der Waals surface area (Å²) < 4.78 is 32.1. The van der Waals surface area contributed by atoms with E-state index in [-0.39, 0.29) is 5.25 Å². The van der Waals surface area contributed by atoms with Crippen molar-refractivity contribution in [2.24, 2.45) is 0 Å². The maximum atomic E-state index is 12.6. The zero-order valence-electron chi connectivity index (χ0n) is 11.5. The highest BCUT2D eigenvalue weighted by atomic mass is 32.2. The maximum Gasteiger partial charge on any atom is 0.218 e. The fraction of sp³-hybridized carbons (Fsp3) is 1.00. The van der Waals surface area contributed by atoms with Crippen LogP contribution in [0.4, 0.5) is 0 Å². The molecule has 18 heavy (non-hydrogen) atoms. The van der Waals surface area contributed by atoms with Crippen LogP contribution in [-0.2, 0) is 14.8 Å². The van der Waals surface area contributed by atoms with Crippen molar-refractivity contribution in [3.05, 3.63) is 0 Å². The van der Waals surface area contributed by atoms with E-state index in [2.05, 4.69) is 5.32 Å². The van der Waals surface area contributed by atoms with Gasteiger partial charge in [-0.15, -0.1) is 0 Å². The first kappa shape index (κ1) is 14.2. The van der Waals surface area contributed by atoms with Gasteiger partial charge < -0.3 is 10.1 Å². The number of sulfonamides is 1. The summed E-state index contributed by atoms with van der Waals surface area (Å²) in [7, 11) is -3.25. The summed E-state index contributed by atoms with van der Waals surface area (Å²) in [6, 6.07) is 0.542. The Balaban J connectivity index is 2.02. The van der Waals surface area contributed by atoms with Crippen LogP contribution in [0, 0.1) is 0 Å². The van der Waals surface area contributed by atoms with Crippen molar-refractivity contribution in [2.75, 3.05) is 26.3 Å². The molecule has 0 aromatic rings. The van der Waals surface area contributed by atoms with Crippen LogP contribution < -0.4 is 5.32 Å². The number of hydrogen-bond donors (Lipinski definition) is 1. The molecule has 1 atom stereocenters. The second-order valence-electron chi connectivity index (χ2n) is 5.98. The van der Waals surface area contributed by atoms with Gasteiger partial charge in [0.15, 0.2) is 0 Å². The Morgan fingerprint density at radius 1 is 1.44 bits per heavy atom. The van der Waals surface area contributed by atoms with Crippen LogP contribution in [0.15, 0.2) is 0 Å². The molecule has 0 aromatic heterocycles. The summed E-state index contributed by atoms with van der Waals surface area (Å²) >= 11 is 0. The predicted molar refractivity (Wildman–Crippen MR) is 71.0 cm³/mol. The van der Waals surface area contributed by atoms with E-state index in [1.165, 1.54) is 12.8 Å². The third-order valence-electron chi connectivity index (χ3n) is 3.66. The van der Waals surface area contributed by atoms with E-state index in [1.807, 2.05) is 13.8 Å². The van der Waals surface area contributed by atoms with Gasteiger partial charge in [0.1, 0.15) is 0 Å². The third kappa shape index (κ3) is 3.04. The summed E-state index contributed by atoms with van der Waals surface area (Å²) in [5, 5.41) is 2.91. The highest BCUT2D eigenvalue weighted by Gasteiger charge is 2.41. The number of nitrogens with zero attached hydrogens (tertiary/aromatic N) is 1. The van der Waals surface area contributed by atoms with Gasteiger partial charge in [0, 0.05) is 19.1 Å². The molecular weight excluding hydrogens is 252 g/mol. The van der Waals surface area contributed by atoms with Crippen molar-refractivity contribution in [1.82, 2.24) is 9.62 Å². The number of morpholine rings is 1. The molecule has 0 bridgehead atoms. The Bertz CT molecular complexity index is 390. The predicted octanol–water partition coefficient (Wildman–Crippen LogP) is 0.568. The zero-order chi connectivity index (χ0) is 13.4. The van der Waals surface area contributed by atoms with Gasteiger partial charge >= 0.3 is 0 Å². The first-order chi connectivity index (χ1) is 8.34. The lowest BCUT2D eigenvalue weighted by atomic mass is 10.1. The van der Waals surface area contributed by atoms with Gasteiger partial charge in [-0.3, -0.25) is 0 Å². The highest BCUT2D eigenvalue weighted by molar-refractivity contribution is 7.89. The molecule has 1 saturated carbocycles. The number of nitrogens with one attached hydrogen (secondary N) is 1. The summed E-state index contributed by atoms with van der Waals surface area (Å²) in [6.45, 7) is 7.59. The van der Waals surface area contributed by atoms with Gasteiger partial charge in [-0.05, 0) is 33.6 Å². The van der Waals surface area contributed by atoms with Gasteiger partial charge in [0.2, 0.25) is 10.0 Å². The molecule has 0 spiro atoms. The Kier molecular flexibility index (Phi) is 4.02. The molecule has 1 unspecified atom stereocenters. The summed E-state index contributed by atoms with van der Waals surface area (Å²) in [6.07, 6.45) is 2.35. The van der Waals surface area contributed by atoms with Crippen molar-refractivity contribution in [3.63, 3.8) is 0 Å². The second kappa shape index (κ2) is 5.07. The van der Waals surface area contributed by atoms with Crippen molar-refractivity contribution < 1.29 is 13.2 Å². The largest absolute Gasteiger partial charge is 0.378 e. The van der Waals surface area contributed by atoms with Crippen LogP contribution in [0.3, 0.4) is 0 Å². The van der Waals surface area contributed by atoms with Crippen molar-refractivity contribution >= 4 is 10.0 Å². The quantitative estimate of drug-likeness (QED) is 0.797. The molecule has 0 amide bonds. The van der Waals surface area contributed by atoms with E-state index in [0.717, 1.165) is 0 Å². The Hall–Kier alpha value is -0.170. The average molecular weight is 276 g/mol. The van der Waals surface area contributed by atoms with E-state index in [9.17, 15) is 8.42 Å². The Morgan fingerprint density at radius 3 is 2.67 bits per heavy atom. The number of hydrogen-bond acceptors (Lipinski definition) is 4. The minimum Gasteiger partial charge on any atom is -0.378 e. The topological polar surface area (TPSA) is 58.6 Å². The van der Waals surface area contributed by atoms with E-state index >= 15 is 0 Å². The summed E-state index contributed by atoms with van der Waals surface area (Å²) in [5.74, 6) is 0. The molecule has 5 nitrogen and oxygen atoms in total. The SMILES string of the molecule is CC(CNC1CC1)S(=O)(=O)N1CCOCC1(C)C. The average Bonchev–Trinajstić information content (AvgIpc) is 3.08. The van der Waals surface area contributed by atoms with Crippen LogP contribution in [0.2, 0.25) is 0 Å². The van der Waals surface area contributed by atoms with Gasteiger partial charge in [-0.2, -0.15) is 4.31 Å². The van der Waals surface area contributed by atoms with Crippen LogP contribution in [-0.4, -0.2) is 55.9 Å². The Morgan fingerprint density at radius 2 is 2.11 bits per heavy atom. The molecule has 1 N–H and O–H groups in total. The van der Waals surface area contributed by atoms with E-state index in [0.29, 0.717) is 32.3 Å². The molecule has 1 aliphatic carbocycles. The molecular formula is C12H24N2O3S. The molecule has 0 aromatic carbocycles. The smallest absolute Gasteiger partial charge is 0.218 e. The van der Waals surface area contributed by atoms with E-state index in [4.69, 9.17) is 4.74 Å². The van der Waals surface area contributed by atoms with Gasteiger partial charge in [-0.1, -0.05) is 0 Å². The molecule has 2 fully saturated rings. The minimum atomic E-state index is -3.25. The molecule has 1 aliphatic heterocycles. The third-order valence-corrected chi connectivity index (χ3v) is 6.13. The highest BCUT2D eigenvalue weighted by Crippen LogP contribution is 2.25. The maximum absolute atomic E-state index is 12.6. The lowest BCUT2D eigenvalue weighted by Crippen LogP contribution is -2.58. The fourth-order valence-corrected chi connectivity index (χ4v) is 4.07. The van der Waals surface area contributed by atoms with Crippen molar-refractivity contribution in [3.8, 4) is 0 Å². The van der Waals surface area contributed by atoms with E-state index in [1.54, 1.807) is 11.2 Å². The van der Waals surface area contributed by atoms with Gasteiger partial charge in [-0.25, -0.2) is 8.42 Å². The normalized spacial score (nSPS) is 27.1. The van der Waals surface area contributed by atoms with Crippen molar-refractivity contribution in [1.29, 1.82) is 0 Å². The second-order valence-corrected chi connectivity index (χ2v) is 8.25. The van der Waals surface area contributed by atoms with Crippen LogP contribution in [0.1, 0.15) is 33.6 Å². The lowest BCUT2D eigenvalue weighted by molar-refractivity contribution is -0.00809. The molecule has 106 valence electrons. The van der Waals surface area contributed by atoms with Crippen LogP contribution in [0.5, 0.6) is 0 Å². The summed E-state index contributed by atoms with van der Waals surface area (Å²) in [4.78, 5) is 0.